The molecule has 0 amide bonds. The first-order chi connectivity index (χ1) is 13.4. The SMILES string of the molecule is CC(C)(Cc1ccccc1)OC(=O)CCCCCC(=O)OCc1ccccc1. The van der Waals surface area contributed by atoms with Crippen molar-refractivity contribution >= 4 is 11.9 Å². The van der Waals surface area contributed by atoms with Gasteiger partial charge in [0.25, 0.3) is 0 Å². The lowest BCUT2D eigenvalue weighted by atomic mass is 9.98. The van der Waals surface area contributed by atoms with Gasteiger partial charge in [-0.05, 0) is 37.8 Å². The van der Waals surface area contributed by atoms with E-state index in [0.717, 1.165) is 17.5 Å². The van der Waals surface area contributed by atoms with Gasteiger partial charge in [0.05, 0.1) is 0 Å². The summed E-state index contributed by atoms with van der Waals surface area (Å²) in [4.78, 5) is 23.9. The number of hydrogen-bond donors (Lipinski definition) is 0. The van der Waals surface area contributed by atoms with E-state index in [9.17, 15) is 9.59 Å². The average molecular weight is 383 g/mol. The Morgan fingerprint density at radius 2 is 1.29 bits per heavy atom. The predicted octanol–water partition coefficient (Wildman–Crippen LogP) is 5.24. The van der Waals surface area contributed by atoms with E-state index in [1.54, 1.807) is 0 Å². The molecule has 0 heterocycles. The van der Waals surface area contributed by atoms with Gasteiger partial charge in [-0.1, -0.05) is 67.1 Å². The smallest absolute Gasteiger partial charge is 0.306 e. The fourth-order valence-electron chi connectivity index (χ4n) is 3.01. The Hall–Kier alpha value is -2.62. The van der Waals surface area contributed by atoms with E-state index in [-0.39, 0.29) is 11.9 Å². The van der Waals surface area contributed by atoms with Crippen molar-refractivity contribution in [3.05, 3.63) is 71.8 Å². The van der Waals surface area contributed by atoms with Gasteiger partial charge in [0, 0.05) is 19.3 Å². The Kier molecular flexibility index (Phi) is 8.73. The zero-order valence-electron chi connectivity index (χ0n) is 16.9. The van der Waals surface area contributed by atoms with Crippen molar-refractivity contribution in [2.24, 2.45) is 0 Å². The predicted molar refractivity (Wildman–Crippen MR) is 110 cm³/mol. The van der Waals surface area contributed by atoms with Gasteiger partial charge in [0.1, 0.15) is 12.2 Å². The van der Waals surface area contributed by atoms with Gasteiger partial charge < -0.3 is 9.47 Å². The minimum absolute atomic E-state index is 0.187. The van der Waals surface area contributed by atoms with Gasteiger partial charge in [-0.2, -0.15) is 0 Å². The quantitative estimate of drug-likeness (QED) is 0.394. The highest BCUT2D eigenvalue weighted by atomic mass is 16.6. The molecule has 0 aliphatic heterocycles. The molecule has 0 bridgehead atoms. The maximum Gasteiger partial charge on any atom is 0.306 e. The van der Waals surface area contributed by atoms with Crippen LogP contribution >= 0.6 is 0 Å². The van der Waals surface area contributed by atoms with Gasteiger partial charge in [0.2, 0.25) is 0 Å². The lowest BCUT2D eigenvalue weighted by Crippen LogP contribution is -2.30. The molecule has 0 N–H and O–H groups in total. The Morgan fingerprint density at radius 1 is 0.750 bits per heavy atom. The number of hydrogen-bond acceptors (Lipinski definition) is 4. The molecule has 0 fully saturated rings. The molecule has 2 rings (SSSR count). The first-order valence-electron chi connectivity index (χ1n) is 9.90. The molecule has 0 aromatic heterocycles. The number of carbonyl (C=O) groups excluding carboxylic acids is 2. The molecule has 0 unspecified atom stereocenters. The molecule has 4 heteroatoms. The number of esters is 2. The van der Waals surface area contributed by atoms with Crippen LogP contribution in [0.1, 0.15) is 57.1 Å². The van der Waals surface area contributed by atoms with Gasteiger partial charge in [0.15, 0.2) is 0 Å². The number of rotatable bonds is 11. The summed E-state index contributed by atoms with van der Waals surface area (Å²) in [5, 5.41) is 0. The van der Waals surface area contributed by atoms with Crippen LogP contribution in [0.2, 0.25) is 0 Å². The zero-order valence-corrected chi connectivity index (χ0v) is 16.9. The Morgan fingerprint density at radius 3 is 1.89 bits per heavy atom. The van der Waals surface area contributed by atoms with E-state index in [2.05, 4.69) is 0 Å². The van der Waals surface area contributed by atoms with E-state index < -0.39 is 5.60 Å². The van der Waals surface area contributed by atoms with E-state index in [4.69, 9.17) is 9.47 Å². The van der Waals surface area contributed by atoms with Crippen LogP contribution < -0.4 is 0 Å². The van der Waals surface area contributed by atoms with Gasteiger partial charge in [-0.15, -0.1) is 0 Å². The summed E-state index contributed by atoms with van der Waals surface area (Å²) in [5.74, 6) is -0.386. The van der Waals surface area contributed by atoms with Crippen molar-refractivity contribution in [2.45, 2.75) is 64.6 Å². The second-order valence-corrected chi connectivity index (χ2v) is 7.60. The van der Waals surface area contributed by atoms with E-state index in [1.165, 1.54) is 0 Å². The minimum Gasteiger partial charge on any atom is -0.461 e. The van der Waals surface area contributed by atoms with Crippen LogP contribution in [-0.4, -0.2) is 17.5 Å². The molecular weight excluding hydrogens is 352 g/mol. The molecule has 0 atom stereocenters. The summed E-state index contributed by atoms with van der Waals surface area (Å²) in [6.07, 6.45) is 3.67. The highest BCUT2D eigenvalue weighted by Gasteiger charge is 2.23. The zero-order chi connectivity index (χ0) is 20.2. The first kappa shape index (κ1) is 21.7. The fourth-order valence-corrected chi connectivity index (χ4v) is 3.01. The van der Waals surface area contributed by atoms with Crippen molar-refractivity contribution < 1.29 is 19.1 Å². The highest BCUT2D eigenvalue weighted by Crippen LogP contribution is 2.18. The van der Waals surface area contributed by atoms with Crippen molar-refractivity contribution in [3.8, 4) is 0 Å². The monoisotopic (exact) mass is 382 g/mol. The van der Waals surface area contributed by atoms with Crippen LogP contribution in [0.25, 0.3) is 0 Å². The standard InChI is InChI=1S/C24H30O4/c1-24(2,18-20-12-6-3-7-13-20)28-23(26)17-11-5-10-16-22(25)27-19-21-14-8-4-9-15-21/h3-4,6-9,12-15H,5,10-11,16-19H2,1-2H3. The molecule has 150 valence electrons. The van der Waals surface area contributed by atoms with E-state index >= 15 is 0 Å². The summed E-state index contributed by atoms with van der Waals surface area (Å²) in [7, 11) is 0. The van der Waals surface area contributed by atoms with E-state index in [1.807, 2.05) is 74.5 Å². The maximum atomic E-state index is 12.1. The van der Waals surface area contributed by atoms with Crippen LogP contribution in [0, 0.1) is 0 Å². The fraction of sp³-hybridized carbons (Fsp3) is 0.417. The van der Waals surface area contributed by atoms with Crippen LogP contribution in [0.15, 0.2) is 60.7 Å². The second-order valence-electron chi connectivity index (χ2n) is 7.60. The average Bonchev–Trinajstić information content (AvgIpc) is 2.67. The Bertz CT molecular complexity index is 723. The summed E-state index contributed by atoms with van der Waals surface area (Å²) >= 11 is 0. The lowest BCUT2D eigenvalue weighted by molar-refractivity contribution is -0.156. The van der Waals surface area contributed by atoms with Crippen LogP contribution in [0.5, 0.6) is 0 Å². The number of carbonyl (C=O) groups is 2. The van der Waals surface area contributed by atoms with Crippen molar-refractivity contribution in [1.29, 1.82) is 0 Å². The van der Waals surface area contributed by atoms with Crippen LogP contribution in [0.3, 0.4) is 0 Å². The molecule has 0 radical (unpaired) electrons. The summed E-state index contributed by atoms with van der Waals surface area (Å²) in [5.41, 5.74) is 1.60. The van der Waals surface area contributed by atoms with Gasteiger partial charge >= 0.3 is 11.9 Å². The third-order valence-corrected chi connectivity index (χ3v) is 4.37. The van der Waals surface area contributed by atoms with Gasteiger partial charge in [-0.3, -0.25) is 9.59 Å². The molecule has 4 nitrogen and oxygen atoms in total. The van der Waals surface area contributed by atoms with Gasteiger partial charge in [-0.25, -0.2) is 0 Å². The third kappa shape index (κ3) is 8.85. The normalized spacial score (nSPS) is 11.1. The highest BCUT2D eigenvalue weighted by molar-refractivity contribution is 5.70. The Balaban J connectivity index is 1.56. The molecule has 0 saturated carbocycles. The molecule has 0 aliphatic carbocycles. The first-order valence-corrected chi connectivity index (χ1v) is 9.90. The maximum absolute atomic E-state index is 12.1. The molecule has 0 aliphatic rings. The molecular formula is C24H30O4. The molecule has 28 heavy (non-hydrogen) atoms. The molecule has 0 spiro atoms. The third-order valence-electron chi connectivity index (χ3n) is 4.37. The lowest BCUT2D eigenvalue weighted by Gasteiger charge is -2.25. The van der Waals surface area contributed by atoms with Crippen molar-refractivity contribution in [2.75, 3.05) is 0 Å². The van der Waals surface area contributed by atoms with Crippen LogP contribution in [-0.2, 0) is 32.1 Å². The van der Waals surface area contributed by atoms with Crippen LogP contribution in [0.4, 0.5) is 0 Å². The van der Waals surface area contributed by atoms with Crippen molar-refractivity contribution in [1.82, 2.24) is 0 Å². The van der Waals surface area contributed by atoms with E-state index in [0.29, 0.717) is 38.7 Å². The largest absolute Gasteiger partial charge is 0.461 e. The number of unbranched alkanes of at least 4 members (excludes halogenated alkanes) is 2. The summed E-state index contributed by atoms with van der Waals surface area (Å²) in [6.45, 7) is 4.17. The topological polar surface area (TPSA) is 52.6 Å². The number of benzene rings is 2. The molecule has 2 aromatic carbocycles. The molecule has 2 aromatic rings. The summed E-state index contributed by atoms with van der Waals surface area (Å²) < 4.78 is 10.9. The number of ether oxygens (including phenoxy) is 2. The Labute approximate surface area is 167 Å². The summed E-state index contributed by atoms with van der Waals surface area (Å²) in [6, 6.07) is 19.6. The second kappa shape index (κ2) is 11.3. The van der Waals surface area contributed by atoms with Crippen molar-refractivity contribution in [3.63, 3.8) is 0 Å². The molecule has 0 saturated heterocycles. The minimum atomic E-state index is -0.528.